The van der Waals surface area contributed by atoms with Gasteiger partial charge in [0.05, 0.1) is 19.4 Å². The average molecular weight is 290 g/mol. The Balaban J connectivity index is 2.24. The van der Waals surface area contributed by atoms with E-state index in [0.29, 0.717) is 13.2 Å². The first-order valence-corrected chi connectivity index (χ1v) is 6.97. The standard InChI is InChI=1S/C9H14N4O5S/c1-12-8(7(6-10-12)9(14)15)11-19(16,17)13-2-4-18-5-3-13/h6,11H,2-5H2,1H3,(H,14,15). The van der Waals surface area contributed by atoms with Crippen LogP contribution in [-0.2, 0) is 22.0 Å². The molecule has 1 fully saturated rings. The van der Waals surface area contributed by atoms with Crippen molar-refractivity contribution in [1.82, 2.24) is 14.1 Å². The Morgan fingerprint density at radius 2 is 2.11 bits per heavy atom. The van der Waals surface area contributed by atoms with Crippen molar-refractivity contribution in [3.05, 3.63) is 11.8 Å². The highest BCUT2D eigenvalue weighted by Gasteiger charge is 2.27. The van der Waals surface area contributed by atoms with Gasteiger partial charge in [0.15, 0.2) is 5.82 Å². The molecule has 0 spiro atoms. The molecule has 0 aliphatic carbocycles. The summed E-state index contributed by atoms with van der Waals surface area (Å²) in [5.74, 6) is -1.31. The molecule has 1 aromatic heterocycles. The van der Waals surface area contributed by atoms with Crippen molar-refractivity contribution in [2.24, 2.45) is 7.05 Å². The van der Waals surface area contributed by atoms with Crippen LogP contribution >= 0.6 is 0 Å². The van der Waals surface area contributed by atoms with Crippen LogP contribution in [-0.4, -0.2) is 59.9 Å². The quantitative estimate of drug-likeness (QED) is 0.743. The monoisotopic (exact) mass is 290 g/mol. The van der Waals surface area contributed by atoms with Crippen LogP contribution in [0, 0.1) is 0 Å². The Labute approximate surface area is 109 Å². The molecule has 1 aliphatic heterocycles. The highest BCUT2D eigenvalue weighted by atomic mass is 32.2. The Morgan fingerprint density at radius 3 is 2.68 bits per heavy atom. The van der Waals surface area contributed by atoms with E-state index in [1.807, 2.05) is 0 Å². The summed E-state index contributed by atoms with van der Waals surface area (Å²) < 4.78 is 33.9. The van der Waals surface area contributed by atoms with Gasteiger partial charge in [-0.1, -0.05) is 0 Å². The number of aromatic nitrogens is 2. The molecule has 0 atom stereocenters. The van der Waals surface area contributed by atoms with Crippen LogP contribution in [0.4, 0.5) is 5.82 Å². The van der Waals surface area contributed by atoms with Crippen molar-refractivity contribution in [2.75, 3.05) is 31.0 Å². The largest absolute Gasteiger partial charge is 0.477 e. The Bertz CT molecular complexity index is 575. The number of hydrogen-bond donors (Lipinski definition) is 2. The van der Waals surface area contributed by atoms with Gasteiger partial charge in [-0.15, -0.1) is 0 Å². The maximum atomic E-state index is 12.1. The summed E-state index contributed by atoms with van der Waals surface area (Å²) >= 11 is 0. The number of carbonyl (C=O) groups is 1. The van der Waals surface area contributed by atoms with Crippen molar-refractivity contribution in [3.63, 3.8) is 0 Å². The molecule has 1 aromatic rings. The summed E-state index contributed by atoms with van der Waals surface area (Å²) in [6.07, 6.45) is 1.10. The average Bonchev–Trinajstić information content (AvgIpc) is 2.72. The summed E-state index contributed by atoms with van der Waals surface area (Å²) in [6, 6.07) is 0. The van der Waals surface area contributed by atoms with Gasteiger partial charge in [0.2, 0.25) is 0 Å². The van der Waals surface area contributed by atoms with Crippen molar-refractivity contribution in [3.8, 4) is 0 Å². The molecule has 2 N–H and O–H groups in total. The van der Waals surface area contributed by atoms with Crippen molar-refractivity contribution < 1.29 is 23.1 Å². The summed E-state index contributed by atoms with van der Waals surface area (Å²) in [5, 5.41) is 12.7. The molecule has 0 saturated carbocycles. The Kier molecular flexibility index (Phi) is 3.73. The number of anilines is 1. The molecule has 1 aliphatic rings. The molecule has 10 heteroatoms. The molecular weight excluding hydrogens is 276 g/mol. The lowest BCUT2D eigenvalue weighted by atomic mass is 10.3. The second-order valence-electron chi connectivity index (χ2n) is 3.95. The number of rotatable bonds is 4. The number of nitrogens with one attached hydrogen (secondary N) is 1. The minimum absolute atomic E-state index is 0.0704. The van der Waals surface area contributed by atoms with E-state index in [9.17, 15) is 13.2 Å². The third-order valence-electron chi connectivity index (χ3n) is 2.70. The number of carboxylic acids is 1. The molecule has 106 valence electrons. The van der Waals surface area contributed by atoms with E-state index in [1.54, 1.807) is 0 Å². The zero-order chi connectivity index (χ0) is 14.0. The zero-order valence-corrected chi connectivity index (χ0v) is 11.1. The second kappa shape index (κ2) is 5.15. The van der Waals surface area contributed by atoms with Crippen LogP contribution in [0.1, 0.15) is 10.4 Å². The van der Waals surface area contributed by atoms with Gasteiger partial charge in [-0.25, -0.2) is 4.79 Å². The fourth-order valence-corrected chi connectivity index (χ4v) is 2.93. The van der Waals surface area contributed by atoms with E-state index in [4.69, 9.17) is 9.84 Å². The van der Waals surface area contributed by atoms with E-state index >= 15 is 0 Å². The number of aromatic carboxylic acids is 1. The third-order valence-corrected chi connectivity index (χ3v) is 4.20. The Hall–Kier alpha value is -1.65. The molecule has 2 rings (SSSR count). The van der Waals surface area contributed by atoms with Crippen molar-refractivity contribution in [1.29, 1.82) is 0 Å². The third kappa shape index (κ3) is 2.85. The first kappa shape index (κ1) is 13.8. The van der Waals surface area contributed by atoms with Crippen LogP contribution in [0.3, 0.4) is 0 Å². The van der Waals surface area contributed by atoms with E-state index in [0.717, 1.165) is 6.20 Å². The van der Waals surface area contributed by atoms with Gasteiger partial charge >= 0.3 is 16.2 Å². The molecule has 0 radical (unpaired) electrons. The Morgan fingerprint density at radius 1 is 1.47 bits per heavy atom. The predicted octanol–water partition coefficient (Wildman–Crippen LogP) is -0.893. The van der Waals surface area contributed by atoms with E-state index in [-0.39, 0.29) is 24.5 Å². The van der Waals surface area contributed by atoms with Gasteiger partial charge < -0.3 is 9.84 Å². The molecule has 19 heavy (non-hydrogen) atoms. The first-order chi connectivity index (χ1) is 8.92. The summed E-state index contributed by atoms with van der Waals surface area (Å²) in [4.78, 5) is 11.0. The lowest BCUT2D eigenvalue weighted by Gasteiger charge is -2.26. The highest BCUT2D eigenvalue weighted by molar-refractivity contribution is 7.90. The topological polar surface area (TPSA) is 114 Å². The normalized spacial score (nSPS) is 17.3. The summed E-state index contributed by atoms with van der Waals surface area (Å²) in [6.45, 7) is 1.10. The van der Waals surface area contributed by atoms with Crippen molar-refractivity contribution >= 4 is 22.0 Å². The number of nitrogens with zero attached hydrogens (tertiary/aromatic N) is 3. The molecular formula is C9H14N4O5S. The number of carboxylic acid groups (broad SMARTS) is 1. The van der Waals surface area contributed by atoms with Gasteiger partial charge in [-0.05, 0) is 0 Å². The van der Waals surface area contributed by atoms with Crippen LogP contribution in [0.25, 0.3) is 0 Å². The van der Waals surface area contributed by atoms with Crippen molar-refractivity contribution in [2.45, 2.75) is 0 Å². The molecule has 0 unspecified atom stereocenters. The van der Waals surface area contributed by atoms with Gasteiger partial charge in [0, 0.05) is 20.1 Å². The fourth-order valence-electron chi connectivity index (χ4n) is 1.69. The fraction of sp³-hybridized carbons (Fsp3) is 0.556. The zero-order valence-electron chi connectivity index (χ0n) is 10.2. The summed E-state index contributed by atoms with van der Waals surface area (Å²) in [5.41, 5.74) is -0.195. The van der Waals surface area contributed by atoms with E-state index < -0.39 is 16.2 Å². The molecule has 0 aromatic carbocycles. The number of ether oxygens (including phenoxy) is 1. The number of morpholine rings is 1. The minimum atomic E-state index is -3.81. The van der Waals surface area contributed by atoms with Crippen LogP contribution in [0.5, 0.6) is 0 Å². The lowest BCUT2D eigenvalue weighted by Crippen LogP contribution is -2.43. The molecule has 1 saturated heterocycles. The lowest BCUT2D eigenvalue weighted by molar-refractivity contribution is 0.0697. The van der Waals surface area contributed by atoms with Gasteiger partial charge in [-0.3, -0.25) is 9.40 Å². The molecule has 9 nitrogen and oxygen atoms in total. The molecule has 0 bridgehead atoms. The van der Waals surface area contributed by atoms with Gasteiger partial charge in [0.1, 0.15) is 5.56 Å². The van der Waals surface area contributed by atoms with Gasteiger partial charge in [-0.2, -0.15) is 17.8 Å². The van der Waals surface area contributed by atoms with Crippen LogP contribution in [0.2, 0.25) is 0 Å². The minimum Gasteiger partial charge on any atom is -0.477 e. The smallest absolute Gasteiger partial charge is 0.341 e. The highest BCUT2D eigenvalue weighted by Crippen LogP contribution is 2.17. The SMILES string of the molecule is Cn1ncc(C(=O)O)c1NS(=O)(=O)N1CCOCC1. The molecule has 2 heterocycles. The summed E-state index contributed by atoms with van der Waals surface area (Å²) in [7, 11) is -2.34. The van der Waals surface area contributed by atoms with E-state index in [1.165, 1.54) is 16.0 Å². The maximum absolute atomic E-state index is 12.1. The molecule has 0 amide bonds. The first-order valence-electron chi connectivity index (χ1n) is 5.53. The van der Waals surface area contributed by atoms with Crippen LogP contribution < -0.4 is 4.72 Å². The number of aryl methyl sites for hydroxylation is 1. The second-order valence-corrected chi connectivity index (χ2v) is 5.62. The van der Waals surface area contributed by atoms with Crippen LogP contribution in [0.15, 0.2) is 6.20 Å². The maximum Gasteiger partial charge on any atom is 0.341 e. The van der Waals surface area contributed by atoms with Gasteiger partial charge in [0.25, 0.3) is 0 Å². The predicted molar refractivity (Wildman–Crippen MR) is 65.1 cm³/mol. The number of hydrogen-bond acceptors (Lipinski definition) is 5. The van der Waals surface area contributed by atoms with E-state index in [2.05, 4.69) is 9.82 Å².